The van der Waals surface area contributed by atoms with Crippen LogP contribution in [0.5, 0.6) is 0 Å². The molecule has 316 valence electrons. The fourth-order valence-electron chi connectivity index (χ4n) is 6.32. The van der Waals surface area contributed by atoms with E-state index in [-0.39, 0.29) is 19.4 Å². The van der Waals surface area contributed by atoms with Gasteiger partial charge >= 0.3 is 19.8 Å². The lowest BCUT2D eigenvalue weighted by Crippen LogP contribution is -2.29. The van der Waals surface area contributed by atoms with E-state index in [1.54, 1.807) is 0 Å². The van der Waals surface area contributed by atoms with Crippen LogP contribution in [0, 0.1) is 0 Å². The summed E-state index contributed by atoms with van der Waals surface area (Å²) in [4.78, 5) is 42.9. The van der Waals surface area contributed by atoms with Gasteiger partial charge in [0.05, 0.1) is 6.61 Å². The summed E-state index contributed by atoms with van der Waals surface area (Å²) in [7, 11) is -4.76. The lowest BCUT2D eigenvalue weighted by Gasteiger charge is -2.18. The molecule has 0 aliphatic heterocycles. The number of allylic oxidation sites excluding steroid dienone is 6. The lowest BCUT2D eigenvalue weighted by molar-refractivity contribution is -0.161. The molecule has 0 aliphatic carbocycles. The Morgan fingerprint density at radius 1 is 0.481 bits per heavy atom. The van der Waals surface area contributed by atoms with Crippen molar-refractivity contribution >= 4 is 19.8 Å². The monoisotopic (exact) mass is 783 g/mol. The zero-order chi connectivity index (χ0) is 39.6. The van der Waals surface area contributed by atoms with Crippen molar-refractivity contribution in [1.82, 2.24) is 0 Å². The molecule has 0 saturated carbocycles. The van der Waals surface area contributed by atoms with Gasteiger partial charge in [-0.1, -0.05) is 192 Å². The van der Waals surface area contributed by atoms with Crippen molar-refractivity contribution in [2.24, 2.45) is 0 Å². The van der Waals surface area contributed by atoms with Crippen molar-refractivity contribution in [3.63, 3.8) is 0 Å². The van der Waals surface area contributed by atoms with Crippen molar-refractivity contribution in [3.05, 3.63) is 36.5 Å². The van der Waals surface area contributed by atoms with E-state index in [0.717, 1.165) is 51.4 Å². The molecule has 0 saturated heterocycles. The van der Waals surface area contributed by atoms with E-state index in [9.17, 15) is 14.2 Å². The molecule has 8 nitrogen and oxygen atoms in total. The normalized spacial score (nSPS) is 12.7. The van der Waals surface area contributed by atoms with E-state index in [1.165, 1.54) is 135 Å². The van der Waals surface area contributed by atoms with Crippen molar-refractivity contribution in [2.45, 2.75) is 225 Å². The average molecular weight is 783 g/mol. The quantitative estimate of drug-likeness (QED) is 0.0272. The average Bonchev–Trinajstić information content (AvgIpc) is 3.14. The van der Waals surface area contributed by atoms with Gasteiger partial charge in [0.15, 0.2) is 6.10 Å². The number of rotatable bonds is 41. The molecule has 1 atom stereocenters. The topological polar surface area (TPSA) is 119 Å². The van der Waals surface area contributed by atoms with Gasteiger partial charge in [0.25, 0.3) is 0 Å². The molecule has 2 N–H and O–H groups in total. The highest BCUT2D eigenvalue weighted by atomic mass is 31.2. The van der Waals surface area contributed by atoms with Crippen LogP contribution in [0.3, 0.4) is 0 Å². The van der Waals surface area contributed by atoms with E-state index < -0.39 is 32.5 Å². The van der Waals surface area contributed by atoms with E-state index in [0.29, 0.717) is 6.42 Å². The van der Waals surface area contributed by atoms with E-state index in [4.69, 9.17) is 19.3 Å². The van der Waals surface area contributed by atoms with Crippen LogP contribution >= 0.6 is 7.82 Å². The van der Waals surface area contributed by atoms with Gasteiger partial charge in [0, 0.05) is 12.8 Å². The summed E-state index contributed by atoms with van der Waals surface area (Å²) in [5, 5.41) is 0. The highest BCUT2D eigenvalue weighted by molar-refractivity contribution is 7.46. The minimum absolute atomic E-state index is 0.165. The zero-order valence-electron chi connectivity index (χ0n) is 34.9. The highest BCUT2D eigenvalue weighted by Gasteiger charge is 2.22. The number of phosphoric ester groups is 1. The fourth-order valence-corrected chi connectivity index (χ4v) is 6.68. The standard InChI is InChI=1S/C45H83O8P/c1-3-5-7-9-11-13-15-17-19-20-21-22-23-24-26-27-29-31-33-35-37-39-44(46)51-41-43(42-52-54(48,49)50)53-45(47)40-38-36-34-32-30-28-25-18-16-14-12-10-8-6-4-2/h12,14,18,25,30,32,43H,3-11,13,15-17,19-24,26-29,31,33-42H2,1-2H3,(H2,48,49,50)/b14-12-,25-18-,32-30-/t43-/m1/s1. The predicted octanol–water partition coefficient (Wildman–Crippen LogP) is 13.7. The summed E-state index contributed by atoms with van der Waals surface area (Å²) in [5.41, 5.74) is 0. The van der Waals surface area contributed by atoms with Gasteiger partial charge in [-0.15, -0.1) is 0 Å². The third-order valence-corrected chi connectivity index (χ3v) is 10.1. The van der Waals surface area contributed by atoms with E-state index in [1.807, 2.05) is 0 Å². The van der Waals surface area contributed by atoms with Gasteiger partial charge in [-0.25, -0.2) is 4.57 Å². The molecular formula is C45H83O8P. The molecule has 0 aromatic carbocycles. The maximum atomic E-state index is 12.4. The molecule has 0 unspecified atom stereocenters. The molecule has 0 aromatic rings. The number of hydrogen-bond acceptors (Lipinski definition) is 6. The van der Waals surface area contributed by atoms with E-state index in [2.05, 4.69) is 54.8 Å². The number of ether oxygens (including phenoxy) is 2. The van der Waals surface area contributed by atoms with Crippen LogP contribution in [0.25, 0.3) is 0 Å². The molecule has 0 heterocycles. The second-order valence-corrected chi connectivity index (χ2v) is 16.3. The Hall–Kier alpha value is -1.73. The first-order chi connectivity index (χ1) is 26.3. The van der Waals surface area contributed by atoms with Gasteiger partial charge in [-0.05, 0) is 51.4 Å². The molecule has 0 rings (SSSR count). The Bertz CT molecular complexity index is 973. The number of esters is 2. The number of carbonyl (C=O) groups excluding carboxylic acids is 2. The number of hydrogen-bond donors (Lipinski definition) is 2. The number of carbonyl (C=O) groups is 2. The molecule has 0 bridgehead atoms. The Balaban J connectivity index is 3.88. The van der Waals surface area contributed by atoms with Crippen LogP contribution in [0.1, 0.15) is 219 Å². The third-order valence-electron chi connectivity index (χ3n) is 9.66. The summed E-state index contributed by atoms with van der Waals surface area (Å²) in [5.74, 6) is -0.921. The summed E-state index contributed by atoms with van der Waals surface area (Å²) in [6.45, 7) is 3.65. The smallest absolute Gasteiger partial charge is 0.462 e. The molecule has 0 aliphatic rings. The van der Waals surface area contributed by atoms with Gasteiger partial charge in [0.2, 0.25) is 0 Å². The van der Waals surface area contributed by atoms with Crippen LogP contribution in [0.15, 0.2) is 36.5 Å². The Morgan fingerprint density at radius 2 is 0.833 bits per heavy atom. The molecule has 54 heavy (non-hydrogen) atoms. The first kappa shape index (κ1) is 52.3. The predicted molar refractivity (Wildman–Crippen MR) is 225 cm³/mol. The van der Waals surface area contributed by atoms with Gasteiger partial charge in [0.1, 0.15) is 6.61 Å². The zero-order valence-corrected chi connectivity index (χ0v) is 35.8. The van der Waals surface area contributed by atoms with Gasteiger partial charge in [-0.2, -0.15) is 0 Å². The summed E-state index contributed by atoms with van der Waals surface area (Å²) in [6, 6.07) is 0. The van der Waals surface area contributed by atoms with Gasteiger partial charge in [-0.3, -0.25) is 14.1 Å². The molecule has 0 fully saturated rings. The largest absolute Gasteiger partial charge is 0.469 e. The lowest BCUT2D eigenvalue weighted by atomic mass is 10.0. The minimum Gasteiger partial charge on any atom is -0.462 e. The number of phosphoric acid groups is 1. The maximum Gasteiger partial charge on any atom is 0.469 e. The Labute approximate surface area is 332 Å². The van der Waals surface area contributed by atoms with Crippen molar-refractivity contribution in [1.29, 1.82) is 0 Å². The van der Waals surface area contributed by atoms with Crippen LogP contribution in [-0.2, 0) is 28.2 Å². The SMILES string of the molecule is CCCCC/C=C\C/C=C\C/C=C\CCCCC(=O)O[C@H](COC(=O)CCCCCCCCCCCCCCCCCCCCCCC)COP(=O)(O)O. The first-order valence-corrected chi connectivity index (χ1v) is 23.8. The Morgan fingerprint density at radius 3 is 1.28 bits per heavy atom. The number of unbranched alkanes of at least 4 members (excludes halogenated alkanes) is 25. The van der Waals surface area contributed by atoms with Crippen LogP contribution in [0.2, 0.25) is 0 Å². The van der Waals surface area contributed by atoms with Crippen LogP contribution in [0.4, 0.5) is 0 Å². The van der Waals surface area contributed by atoms with Crippen molar-refractivity contribution in [3.8, 4) is 0 Å². The molecule has 0 amide bonds. The molecule has 0 radical (unpaired) electrons. The minimum atomic E-state index is -4.76. The summed E-state index contributed by atoms with van der Waals surface area (Å²) < 4.78 is 26.4. The Kier molecular flexibility index (Phi) is 39.6. The summed E-state index contributed by atoms with van der Waals surface area (Å²) in [6.07, 6.45) is 48.8. The van der Waals surface area contributed by atoms with Crippen molar-refractivity contribution in [2.75, 3.05) is 13.2 Å². The first-order valence-electron chi connectivity index (χ1n) is 22.3. The molecule has 0 spiro atoms. The molecular weight excluding hydrogens is 699 g/mol. The van der Waals surface area contributed by atoms with Crippen LogP contribution < -0.4 is 0 Å². The fraction of sp³-hybridized carbons (Fsp3) is 0.822. The molecule has 0 aromatic heterocycles. The molecule has 9 heteroatoms. The second-order valence-electron chi connectivity index (χ2n) is 15.0. The van der Waals surface area contributed by atoms with Crippen molar-refractivity contribution < 1.29 is 37.9 Å². The van der Waals surface area contributed by atoms with Crippen LogP contribution in [-0.4, -0.2) is 41.0 Å². The van der Waals surface area contributed by atoms with Gasteiger partial charge < -0.3 is 19.3 Å². The highest BCUT2D eigenvalue weighted by Crippen LogP contribution is 2.36. The maximum absolute atomic E-state index is 12.4. The third kappa shape index (κ3) is 43.0. The second kappa shape index (κ2) is 40.9. The summed E-state index contributed by atoms with van der Waals surface area (Å²) >= 11 is 0. The van der Waals surface area contributed by atoms with E-state index >= 15 is 0 Å².